The van der Waals surface area contributed by atoms with Gasteiger partial charge in [0.05, 0.1) is 15.2 Å². The second-order valence-electron chi connectivity index (χ2n) is 4.01. The number of nitrogens with two attached hydrogens (primary N) is 1. The first kappa shape index (κ1) is 14.6. The number of amides is 1. The lowest BCUT2D eigenvalue weighted by Gasteiger charge is -1.98. The van der Waals surface area contributed by atoms with Gasteiger partial charge in [0, 0.05) is 0 Å². The number of rotatable bonds is 4. The van der Waals surface area contributed by atoms with Crippen LogP contribution in [0.2, 0.25) is 0 Å². The van der Waals surface area contributed by atoms with Gasteiger partial charge in [0.1, 0.15) is 0 Å². The SMILES string of the molecule is CCCc1nc2c(CCC)cccc2s1.NC=O. The first-order valence-corrected chi connectivity index (χ1v) is 7.11. The number of thiazole rings is 1. The molecule has 0 saturated carbocycles. The normalized spacial score (nSPS) is 9.89. The summed E-state index contributed by atoms with van der Waals surface area (Å²) >= 11 is 1.85. The molecule has 0 spiro atoms. The molecule has 1 aromatic heterocycles. The van der Waals surface area contributed by atoms with Crippen LogP contribution in [0.1, 0.15) is 37.3 Å². The van der Waals surface area contributed by atoms with Crippen LogP contribution >= 0.6 is 11.3 Å². The van der Waals surface area contributed by atoms with E-state index in [1.165, 1.54) is 33.6 Å². The molecule has 0 saturated heterocycles. The molecule has 1 amide bonds. The van der Waals surface area contributed by atoms with Crippen LogP contribution in [0.3, 0.4) is 0 Å². The molecule has 98 valence electrons. The predicted octanol–water partition coefficient (Wildman–Crippen LogP) is 3.30. The molecule has 0 atom stereocenters. The van der Waals surface area contributed by atoms with E-state index in [2.05, 4.69) is 37.8 Å². The zero-order chi connectivity index (χ0) is 13.4. The summed E-state index contributed by atoms with van der Waals surface area (Å²) in [5.74, 6) is 0. The number of fused-ring (bicyclic) bond motifs is 1. The molecule has 1 heterocycles. The maximum Gasteiger partial charge on any atom is 0.204 e. The fourth-order valence-corrected chi connectivity index (χ4v) is 2.96. The van der Waals surface area contributed by atoms with Crippen LogP contribution in [-0.4, -0.2) is 11.4 Å². The van der Waals surface area contributed by atoms with E-state index < -0.39 is 0 Å². The first-order valence-electron chi connectivity index (χ1n) is 6.29. The average Bonchev–Trinajstić information content (AvgIpc) is 2.74. The number of aromatic nitrogens is 1. The Morgan fingerprint density at radius 3 is 2.56 bits per heavy atom. The molecule has 0 bridgehead atoms. The van der Waals surface area contributed by atoms with Crippen LogP contribution < -0.4 is 5.73 Å². The van der Waals surface area contributed by atoms with E-state index in [-0.39, 0.29) is 6.41 Å². The number of carbonyl (C=O) groups is 1. The van der Waals surface area contributed by atoms with Gasteiger partial charge in [0.2, 0.25) is 6.41 Å². The number of benzene rings is 1. The summed E-state index contributed by atoms with van der Waals surface area (Å²) in [4.78, 5) is 13.3. The van der Waals surface area contributed by atoms with Gasteiger partial charge in [-0.05, 0) is 30.9 Å². The maximum absolute atomic E-state index is 8.58. The number of hydrogen-bond acceptors (Lipinski definition) is 3. The molecule has 4 heteroatoms. The Morgan fingerprint density at radius 2 is 1.94 bits per heavy atom. The fraction of sp³-hybridized carbons (Fsp3) is 0.429. The lowest BCUT2D eigenvalue weighted by molar-refractivity contribution is -0.106. The molecule has 1 aromatic carbocycles. The van der Waals surface area contributed by atoms with Gasteiger partial charge in [-0.15, -0.1) is 11.3 Å². The number of para-hydroxylation sites is 1. The van der Waals surface area contributed by atoms with Crippen LogP contribution in [0.5, 0.6) is 0 Å². The Bertz CT molecular complexity index is 493. The Kier molecular flexibility index (Phi) is 6.36. The molecular weight excluding hydrogens is 244 g/mol. The Hall–Kier alpha value is -1.42. The lowest BCUT2D eigenvalue weighted by atomic mass is 10.1. The highest BCUT2D eigenvalue weighted by Crippen LogP contribution is 2.26. The molecule has 2 N–H and O–H groups in total. The zero-order valence-corrected chi connectivity index (χ0v) is 11.8. The van der Waals surface area contributed by atoms with Crippen molar-refractivity contribution in [3.05, 3.63) is 28.8 Å². The van der Waals surface area contributed by atoms with Gasteiger partial charge in [-0.1, -0.05) is 32.4 Å². The standard InChI is InChI=1S/C13H17NS.CH3NO/c1-3-6-10-8-5-9-11-13(10)14-12(15-11)7-4-2;2-1-3/h5,8-9H,3-4,6-7H2,1-2H3;1H,(H2,2,3). The molecule has 2 rings (SSSR count). The summed E-state index contributed by atoms with van der Waals surface area (Å²) in [7, 11) is 0. The summed E-state index contributed by atoms with van der Waals surface area (Å²) in [6.07, 6.45) is 4.89. The Labute approximate surface area is 112 Å². The quantitative estimate of drug-likeness (QED) is 0.861. The van der Waals surface area contributed by atoms with Crippen LogP contribution in [0.4, 0.5) is 0 Å². The van der Waals surface area contributed by atoms with Crippen molar-refractivity contribution in [2.24, 2.45) is 5.73 Å². The summed E-state index contributed by atoms with van der Waals surface area (Å²) < 4.78 is 1.35. The minimum absolute atomic E-state index is 0.250. The number of aryl methyl sites for hydroxylation is 2. The van der Waals surface area contributed by atoms with Crippen molar-refractivity contribution in [1.82, 2.24) is 4.98 Å². The molecule has 0 fully saturated rings. The topological polar surface area (TPSA) is 56.0 Å². The maximum atomic E-state index is 8.58. The highest BCUT2D eigenvalue weighted by atomic mass is 32.1. The molecule has 0 aliphatic rings. The third-order valence-corrected chi connectivity index (χ3v) is 3.61. The lowest BCUT2D eigenvalue weighted by Crippen LogP contribution is -1.86. The Morgan fingerprint density at radius 1 is 1.28 bits per heavy atom. The molecule has 0 unspecified atom stereocenters. The molecular formula is C14H20N2OS. The molecule has 0 radical (unpaired) electrons. The summed E-state index contributed by atoms with van der Waals surface area (Å²) in [5.41, 5.74) is 6.82. The van der Waals surface area contributed by atoms with Crippen LogP contribution in [0.25, 0.3) is 10.2 Å². The van der Waals surface area contributed by atoms with Gasteiger partial charge in [-0.3, -0.25) is 4.79 Å². The second kappa shape index (κ2) is 7.82. The van der Waals surface area contributed by atoms with Crippen molar-refractivity contribution in [1.29, 1.82) is 0 Å². The zero-order valence-electron chi connectivity index (χ0n) is 11.0. The third-order valence-electron chi connectivity index (χ3n) is 2.53. The van der Waals surface area contributed by atoms with E-state index in [0.29, 0.717) is 0 Å². The summed E-state index contributed by atoms with van der Waals surface area (Å²) in [6, 6.07) is 6.55. The van der Waals surface area contributed by atoms with Crippen LogP contribution in [0, 0.1) is 0 Å². The van der Waals surface area contributed by atoms with Crippen molar-refractivity contribution in [3.63, 3.8) is 0 Å². The van der Waals surface area contributed by atoms with Crippen LogP contribution in [0.15, 0.2) is 18.2 Å². The first-order chi connectivity index (χ1) is 8.76. The Balaban J connectivity index is 0.000000492. The third kappa shape index (κ3) is 3.81. The highest BCUT2D eigenvalue weighted by Gasteiger charge is 2.06. The summed E-state index contributed by atoms with van der Waals surface area (Å²) in [6.45, 7) is 4.43. The molecule has 0 aliphatic heterocycles. The summed E-state index contributed by atoms with van der Waals surface area (Å²) in [5, 5.41) is 1.29. The van der Waals surface area contributed by atoms with Gasteiger partial charge < -0.3 is 5.73 Å². The highest BCUT2D eigenvalue weighted by molar-refractivity contribution is 7.18. The van der Waals surface area contributed by atoms with E-state index in [4.69, 9.17) is 9.78 Å². The number of nitrogens with zero attached hydrogens (tertiary/aromatic N) is 1. The van der Waals surface area contributed by atoms with E-state index in [1.807, 2.05) is 11.3 Å². The monoisotopic (exact) mass is 264 g/mol. The van der Waals surface area contributed by atoms with Gasteiger partial charge in [0.15, 0.2) is 0 Å². The van der Waals surface area contributed by atoms with Crippen molar-refractivity contribution < 1.29 is 4.79 Å². The smallest absolute Gasteiger partial charge is 0.204 e. The minimum atomic E-state index is 0.250. The fourth-order valence-electron chi connectivity index (χ4n) is 1.84. The number of carbonyl (C=O) groups excluding carboxylic acids is 1. The van der Waals surface area contributed by atoms with Crippen molar-refractivity contribution in [3.8, 4) is 0 Å². The van der Waals surface area contributed by atoms with Gasteiger partial charge in [0.25, 0.3) is 0 Å². The molecule has 0 aliphatic carbocycles. The second-order valence-corrected chi connectivity index (χ2v) is 5.12. The molecule has 3 nitrogen and oxygen atoms in total. The van der Waals surface area contributed by atoms with Gasteiger partial charge in [-0.2, -0.15) is 0 Å². The van der Waals surface area contributed by atoms with E-state index in [1.54, 1.807) is 0 Å². The molecule has 2 aromatic rings. The largest absolute Gasteiger partial charge is 0.372 e. The predicted molar refractivity (Wildman–Crippen MR) is 77.9 cm³/mol. The van der Waals surface area contributed by atoms with E-state index in [0.717, 1.165) is 12.8 Å². The van der Waals surface area contributed by atoms with E-state index in [9.17, 15) is 0 Å². The number of hydrogen-bond donors (Lipinski definition) is 1. The van der Waals surface area contributed by atoms with Crippen molar-refractivity contribution >= 4 is 28.0 Å². The van der Waals surface area contributed by atoms with Crippen molar-refractivity contribution in [2.45, 2.75) is 39.5 Å². The minimum Gasteiger partial charge on any atom is -0.372 e. The van der Waals surface area contributed by atoms with Gasteiger partial charge in [-0.25, -0.2) is 4.98 Å². The van der Waals surface area contributed by atoms with Crippen LogP contribution in [-0.2, 0) is 17.6 Å². The van der Waals surface area contributed by atoms with Crippen molar-refractivity contribution in [2.75, 3.05) is 0 Å². The average molecular weight is 264 g/mol. The van der Waals surface area contributed by atoms with E-state index >= 15 is 0 Å². The van der Waals surface area contributed by atoms with Gasteiger partial charge >= 0.3 is 0 Å². The molecule has 18 heavy (non-hydrogen) atoms. The number of primary amides is 1.